The molecule has 7 heteroatoms. The molecule has 3 aromatic carbocycles. The molecule has 0 radical (unpaired) electrons. The van der Waals surface area contributed by atoms with Crippen molar-refractivity contribution < 1.29 is 13.2 Å². The van der Waals surface area contributed by atoms with Gasteiger partial charge in [-0.2, -0.15) is 0 Å². The maximum Gasteiger partial charge on any atom is 0.264 e. The summed E-state index contributed by atoms with van der Waals surface area (Å²) in [5.74, 6) is -0.344. The van der Waals surface area contributed by atoms with Crippen molar-refractivity contribution in [3.63, 3.8) is 0 Å². The number of benzene rings is 3. The fraction of sp³-hybridized carbons (Fsp3) is 0.208. The van der Waals surface area contributed by atoms with Crippen molar-refractivity contribution in [2.45, 2.75) is 24.7 Å². The Bertz CT molecular complexity index is 1130. The first-order chi connectivity index (χ1) is 14.9. The van der Waals surface area contributed by atoms with E-state index in [1.54, 1.807) is 36.4 Å². The molecule has 3 aromatic rings. The predicted octanol–water partition coefficient (Wildman–Crippen LogP) is 4.70. The zero-order valence-corrected chi connectivity index (χ0v) is 19.7. The lowest BCUT2D eigenvalue weighted by molar-refractivity contribution is -0.119. The van der Waals surface area contributed by atoms with E-state index in [1.807, 2.05) is 12.1 Å². The summed E-state index contributed by atoms with van der Waals surface area (Å²) < 4.78 is 28.4. The number of sulfonamides is 1. The average molecular weight is 501 g/mol. The predicted molar refractivity (Wildman–Crippen MR) is 128 cm³/mol. The summed E-state index contributed by atoms with van der Waals surface area (Å²) in [4.78, 5) is 12.8. The van der Waals surface area contributed by atoms with Crippen LogP contribution >= 0.6 is 15.9 Å². The summed E-state index contributed by atoms with van der Waals surface area (Å²) in [7, 11) is -3.89. The van der Waals surface area contributed by atoms with Gasteiger partial charge < -0.3 is 5.32 Å². The molecule has 162 valence electrons. The second kappa shape index (κ2) is 10.6. The number of rotatable bonds is 9. The normalized spacial score (nSPS) is 11.2. The van der Waals surface area contributed by atoms with Crippen LogP contribution in [-0.2, 0) is 21.2 Å². The van der Waals surface area contributed by atoms with E-state index in [2.05, 4.69) is 46.4 Å². The molecule has 1 amide bonds. The van der Waals surface area contributed by atoms with Crippen LogP contribution in [0.25, 0.3) is 0 Å². The van der Waals surface area contributed by atoms with Crippen LogP contribution in [0.2, 0.25) is 0 Å². The SMILES string of the molecule is Cc1cccc(CCCNC(=O)CN(c2cccc(Br)c2)S(=O)(=O)c2ccccc2)c1. The van der Waals surface area contributed by atoms with Crippen molar-refractivity contribution in [1.82, 2.24) is 5.32 Å². The quantitative estimate of drug-likeness (QED) is 0.433. The number of carbonyl (C=O) groups is 1. The van der Waals surface area contributed by atoms with Crippen LogP contribution in [0.15, 0.2) is 88.2 Å². The van der Waals surface area contributed by atoms with Crippen LogP contribution in [-0.4, -0.2) is 27.4 Å². The van der Waals surface area contributed by atoms with Gasteiger partial charge in [0.05, 0.1) is 10.6 Å². The van der Waals surface area contributed by atoms with Crippen LogP contribution < -0.4 is 9.62 Å². The highest BCUT2D eigenvalue weighted by atomic mass is 79.9. The molecule has 0 aliphatic heterocycles. The molecule has 3 rings (SSSR count). The summed E-state index contributed by atoms with van der Waals surface area (Å²) in [6.45, 7) is 2.23. The van der Waals surface area contributed by atoms with Gasteiger partial charge in [-0.1, -0.05) is 70.0 Å². The molecule has 0 saturated carbocycles. The number of anilines is 1. The molecule has 0 aliphatic rings. The van der Waals surface area contributed by atoms with Crippen LogP contribution in [0, 0.1) is 6.92 Å². The number of carbonyl (C=O) groups excluding carboxylic acids is 1. The standard InChI is InChI=1S/C24H25BrN2O3S/c1-19-8-5-9-20(16-19)10-7-15-26-24(28)18-27(22-12-6-11-21(25)17-22)31(29,30)23-13-3-2-4-14-23/h2-6,8-9,11-14,16-17H,7,10,15,18H2,1H3,(H,26,28). The van der Waals surface area contributed by atoms with Crippen molar-refractivity contribution in [1.29, 1.82) is 0 Å². The van der Waals surface area contributed by atoms with Crippen LogP contribution in [0.4, 0.5) is 5.69 Å². The maximum atomic E-state index is 13.3. The first-order valence-electron chi connectivity index (χ1n) is 10.0. The molecule has 0 fully saturated rings. The smallest absolute Gasteiger partial charge is 0.264 e. The van der Waals surface area contributed by atoms with E-state index >= 15 is 0 Å². The van der Waals surface area contributed by atoms with Gasteiger partial charge in [-0.05, 0) is 55.7 Å². The zero-order valence-electron chi connectivity index (χ0n) is 17.3. The van der Waals surface area contributed by atoms with Gasteiger partial charge in [-0.25, -0.2) is 8.42 Å². The molecule has 0 heterocycles. The van der Waals surface area contributed by atoms with Gasteiger partial charge in [0.15, 0.2) is 0 Å². The maximum absolute atomic E-state index is 13.3. The van der Waals surface area contributed by atoms with Crippen molar-refractivity contribution in [2.75, 3.05) is 17.4 Å². The first kappa shape index (κ1) is 23.0. The van der Waals surface area contributed by atoms with Crippen molar-refractivity contribution in [3.05, 3.63) is 94.5 Å². The number of hydrogen-bond donors (Lipinski definition) is 1. The minimum Gasteiger partial charge on any atom is -0.355 e. The molecular formula is C24H25BrN2O3S. The van der Waals surface area contributed by atoms with E-state index in [1.165, 1.54) is 23.3 Å². The van der Waals surface area contributed by atoms with Crippen LogP contribution in [0.3, 0.4) is 0 Å². The molecule has 1 N–H and O–H groups in total. The fourth-order valence-corrected chi connectivity index (χ4v) is 5.06. The summed E-state index contributed by atoms with van der Waals surface area (Å²) in [6.07, 6.45) is 1.62. The third-order valence-corrected chi connectivity index (χ3v) is 7.04. The van der Waals surface area contributed by atoms with Crippen molar-refractivity contribution in [3.8, 4) is 0 Å². The Hall–Kier alpha value is -2.64. The van der Waals surface area contributed by atoms with Gasteiger partial charge in [0.1, 0.15) is 6.54 Å². The topological polar surface area (TPSA) is 66.5 Å². The lowest BCUT2D eigenvalue weighted by atomic mass is 10.1. The molecule has 0 unspecified atom stereocenters. The van der Waals surface area contributed by atoms with E-state index < -0.39 is 10.0 Å². The third-order valence-electron chi connectivity index (χ3n) is 4.76. The number of nitrogens with one attached hydrogen (secondary N) is 1. The second-order valence-corrected chi connectivity index (χ2v) is 10.0. The molecular weight excluding hydrogens is 476 g/mol. The van der Waals surface area contributed by atoms with Crippen molar-refractivity contribution >= 4 is 37.5 Å². The van der Waals surface area contributed by atoms with E-state index in [0.717, 1.165) is 21.6 Å². The molecule has 0 aliphatic carbocycles. The lowest BCUT2D eigenvalue weighted by Crippen LogP contribution is -2.41. The molecule has 31 heavy (non-hydrogen) atoms. The van der Waals surface area contributed by atoms with E-state index in [-0.39, 0.29) is 17.3 Å². The molecule has 5 nitrogen and oxygen atoms in total. The second-order valence-electron chi connectivity index (χ2n) is 7.25. The number of hydrogen-bond acceptors (Lipinski definition) is 3. The Kier molecular flexibility index (Phi) is 7.87. The fourth-order valence-electron chi connectivity index (χ4n) is 3.24. The van der Waals surface area contributed by atoms with Gasteiger partial charge in [-0.15, -0.1) is 0 Å². The first-order valence-corrected chi connectivity index (χ1v) is 12.3. The van der Waals surface area contributed by atoms with Crippen molar-refractivity contribution in [2.24, 2.45) is 0 Å². The Morgan fingerprint density at radius 1 is 0.968 bits per heavy atom. The molecule has 0 saturated heterocycles. The number of nitrogens with zero attached hydrogens (tertiary/aromatic N) is 1. The number of amides is 1. The van der Waals surface area contributed by atoms with E-state index in [4.69, 9.17) is 0 Å². The Morgan fingerprint density at radius 3 is 2.42 bits per heavy atom. The summed E-state index contributed by atoms with van der Waals surface area (Å²) in [6, 6.07) is 23.3. The van der Waals surface area contributed by atoms with Gasteiger partial charge in [0, 0.05) is 11.0 Å². The Balaban J connectivity index is 1.69. The highest BCUT2D eigenvalue weighted by Gasteiger charge is 2.27. The molecule has 0 spiro atoms. The monoisotopic (exact) mass is 500 g/mol. The molecule has 0 aromatic heterocycles. The van der Waals surface area contributed by atoms with Gasteiger partial charge in [-0.3, -0.25) is 9.10 Å². The summed E-state index contributed by atoms with van der Waals surface area (Å²) in [5.41, 5.74) is 2.85. The largest absolute Gasteiger partial charge is 0.355 e. The highest BCUT2D eigenvalue weighted by molar-refractivity contribution is 9.10. The van der Waals surface area contributed by atoms with Gasteiger partial charge in [0.2, 0.25) is 5.91 Å². The molecule has 0 bridgehead atoms. The minimum absolute atomic E-state index is 0.141. The number of halogens is 1. The zero-order chi connectivity index (χ0) is 22.3. The molecule has 0 atom stereocenters. The summed E-state index contributed by atoms with van der Waals surface area (Å²) in [5, 5.41) is 2.85. The summed E-state index contributed by atoms with van der Waals surface area (Å²) >= 11 is 3.38. The minimum atomic E-state index is -3.89. The van der Waals surface area contributed by atoms with E-state index in [9.17, 15) is 13.2 Å². The van der Waals surface area contributed by atoms with Gasteiger partial charge >= 0.3 is 0 Å². The lowest BCUT2D eigenvalue weighted by Gasteiger charge is -2.24. The Labute approximate surface area is 192 Å². The average Bonchev–Trinajstić information content (AvgIpc) is 2.75. The van der Waals surface area contributed by atoms with Gasteiger partial charge in [0.25, 0.3) is 10.0 Å². The number of aryl methyl sites for hydroxylation is 2. The highest BCUT2D eigenvalue weighted by Crippen LogP contribution is 2.26. The van der Waals surface area contributed by atoms with Crippen LogP contribution in [0.5, 0.6) is 0 Å². The van der Waals surface area contributed by atoms with E-state index in [0.29, 0.717) is 12.2 Å². The third kappa shape index (κ3) is 6.42. The Morgan fingerprint density at radius 2 is 1.71 bits per heavy atom. The van der Waals surface area contributed by atoms with Crippen LogP contribution in [0.1, 0.15) is 17.5 Å².